The summed E-state index contributed by atoms with van der Waals surface area (Å²) >= 11 is 0. The van der Waals surface area contributed by atoms with Crippen LogP contribution in [0.25, 0.3) is 102 Å². The van der Waals surface area contributed by atoms with E-state index >= 15 is 0 Å². The van der Waals surface area contributed by atoms with Crippen molar-refractivity contribution in [3.63, 3.8) is 0 Å². The summed E-state index contributed by atoms with van der Waals surface area (Å²) in [6.45, 7) is 8.26. The van der Waals surface area contributed by atoms with Crippen molar-refractivity contribution in [2.24, 2.45) is 0 Å². The number of pyridine rings is 1. The van der Waals surface area contributed by atoms with E-state index in [4.69, 9.17) is 34.9 Å². The SMILES string of the molecule is Cc1cccc(-c2nc(-c3ccccc3)nc(-c3cccc(-c4cc(-c5ccccc5-c5nc(-c6ccccc6)nc(-c6cccc(C)c6)n5)cc(-c5ccc(C)nc5C)c4)c3)n2)c1. The first-order valence-corrected chi connectivity index (χ1v) is 21.4. The van der Waals surface area contributed by atoms with Crippen molar-refractivity contribution >= 4 is 0 Å². The Kier molecular flexibility index (Phi) is 10.7. The lowest BCUT2D eigenvalue weighted by molar-refractivity contribution is 1.07. The quantitative estimate of drug-likeness (QED) is 0.143. The molecule has 0 atom stereocenters. The van der Waals surface area contributed by atoms with Crippen LogP contribution in [0.15, 0.2) is 188 Å². The van der Waals surface area contributed by atoms with Crippen LogP contribution in [0.2, 0.25) is 0 Å². The lowest BCUT2D eigenvalue weighted by Crippen LogP contribution is -2.01. The van der Waals surface area contributed by atoms with Crippen molar-refractivity contribution in [2.75, 3.05) is 0 Å². The molecular weight excluding hydrogens is 783 g/mol. The number of benzene rings is 7. The van der Waals surface area contributed by atoms with E-state index in [1.165, 1.54) is 0 Å². The van der Waals surface area contributed by atoms with E-state index in [0.717, 1.165) is 89.3 Å². The maximum Gasteiger partial charge on any atom is 0.164 e. The molecule has 3 heterocycles. The van der Waals surface area contributed by atoms with Gasteiger partial charge in [-0.1, -0.05) is 157 Å². The molecule has 0 radical (unpaired) electrons. The molecule has 10 aromatic rings. The van der Waals surface area contributed by atoms with E-state index < -0.39 is 0 Å². The lowest BCUT2D eigenvalue weighted by atomic mass is 9.90. The first-order valence-electron chi connectivity index (χ1n) is 21.4. The van der Waals surface area contributed by atoms with Crippen molar-refractivity contribution in [1.82, 2.24) is 34.9 Å². The fourth-order valence-corrected chi connectivity index (χ4v) is 8.13. The van der Waals surface area contributed by atoms with Crippen LogP contribution in [0.1, 0.15) is 22.5 Å². The number of aromatic nitrogens is 7. The van der Waals surface area contributed by atoms with Gasteiger partial charge in [0.1, 0.15) is 0 Å². The van der Waals surface area contributed by atoms with Crippen LogP contribution in [0.4, 0.5) is 0 Å². The highest BCUT2D eigenvalue weighted by molar-refractivity contribution is 5.88. The van der Waals surface area contributed by atoms with E-state index in [1.54, 1.807) is 0 Å². The minimum absolute atomic E-state index is 0.594. The summed E-state index contributed by atoms with van der Waals surface area (Å²) in [5, 5.41) is 0. The van der Waals surface area contributed by atoms with Gasteiger partial charge in [-0.2, -0.15) is 0 Å². The van der Waals surface area contributed by atoms with Crippen molar-refractivity contribution < 1.29 is 0 Å². The molecule has 0 unspecified atom stereocenters. The standard InChI is InChI=1S/C57H43N7/c1-36-16-13-23-43(30-36)54-59-52(40-18-7-5-8-19-40)60-56(62-54)45-25-15-22-42(32-45)46-33-47(49-29-28-38(3)58-39(49)4)35-48(34-46)50-26-11-12-27-51(50)57-63-53(41-20-9-6-10-21-41)61-55(64-57)44-24-14-17-37(2)31-44/h5-35H,1-4H3. The Morgan fingerprint density at radius 3 is 1.16 bits per heavy atom. The van der Waals surface area contributed by atoms with Crippen molar-refractivity contribution in [1.29, 1.82) is 0 Å². The Balaban J connectivity index is 1.15. The van der Waals surface area contributed by atoms with Crippen LogP contribution in [-0.4, -0.2) is 34.9 Å². The number of hydrogen-bond acceptors (Lipinski definition) is 7. The molecule has 0 spiro atoms. The zero-order valence-corrected chi connectivity index (χ0v) is 36.0. The summed E-state index contributed by atoms with van der Waals surface area (Å²) in [6, 6.07) is 64.6. The zero-order chi connectivity index (χ0) is 43.6. The highest BCUT2D eigenvalue weighted by Gasteiger charge is 2.19. The van der Waals surface area contributed by atoms with E-state index in [0.29, 0.717) is 34.9 Å². The Morgan fingerprint density at radius 2 is 0.625 bits per heavy atom. The van der Waals surface area contributed by atoms with Gasteiger partial charge >= 0.3 is 0 Å². The summed E-state index contributed by atoms with van der Waals surface area (Å²) in [4.78, 5) is 35.3. The molecule has 0 aliphatic carbocycles. The van der Waals surface area contributed by atoms with Crippen molar-refractivity contribution in [3.8, 4) is 102 Å². The molecule has 3 aromatic heterocycles. The molecule has 0 bridgehead atoms. The van der Waals surface area contributed by atoms with Gasteiger partial charge in [-0.25, -0.2) is 29.9 Å². The third kappa shape index (κ3) is 8.35. The fraction of sp³-hybridized carbons (Fsp3) is 0.0702. The van der Waals surface area contributed by atoms with E-state index in [-0.39, 0.29) is 0 Å². The van der Waals surface area contributed by atoms with Crippen LogP contribution in [0, 0.1) is 27.7 Å². The topological polar surface area (TPSA) is 90.2 Å². The Labute approximate surface area is 373 Å². The molecule has 64 heavy (non-hydrogen) atoms. The van der Waals surface area contributed by atoms with Gasteiger partial charge in [0, 0.05) is 50.3 Å². The second-order valence-corrected chi connectivity index (χ2v) is 16.1. The highest BCUT2D eigenvalue weighted by atomic mass is 15.0. The molecule has 10 rings (SSSR count). The first-order chi connectivity index (χ1) is 31.3. The predicted octanol–water partition coefficient (Wildman–Crippen LogP) is 13.7. The minimum Gasteiger partial charge on any atom is -0.258 e. The second kappa shape index (κ2) is 17.2. The van der Waals surface area contributed by atoms with Gasteiger partial charge in [0.15, 0.2) is 34.9 Å². The van der Waals surface area contributed by atoms with Crippen molar-refractivity contribution in [2.45, 2.75) is 27.7 Å². The molecule has 0 aliphatic rings. The number of rotatable bonds is 9. The van der Waals surface area contributed by atoms with Crippen LogP contribution in [-0.2, 0) is 0 Å². The van der Waals surface area contributed by atoms with E-state index in [2.05, 4.69) is 124 Å². The van der Waals surface area contributed by atoms with E-state index in [9.17, 15) is 0 Å². The minimum atomic E-state index is 0.594. The van der Waals surface area contributed by atoms with Gasteiger partial charge in [-0.05, 0) is 98.0 Å². The molecule has 7 nitrogen and oxygen atoms in total. The van der Waals surface area contributed by atoms with Gasteiger partial charge in [0.05, 0.1) is 0 Å². The summed E-state index contributed by atoms with van der Waals surface area (Å²) in [5.41, 5.74) is 15.9. The fourth-order valence-electron chi connectivity index (χ4n) is 8.13. The average molecular weight is 826 g/mol. The van der Waals surface area contributed by atoms with Gasteiger partial charge in [-0.3, -0.25) is 4.98 Å². The Morgan fingerprint density at radius 1 is 0.234 bits per heavy atom. The molecule has 7 heteroatoms. The van der Waals surface area contributed by atoms with Crippen LogP contribution in [0.3, 0.4) is 0 Å². The molecular formula is C57H43N7. The summed E-state index contributed by atoms with van der Waals surface area (Å²) < 4.78 is 0. The summed E-state index contributed by atoms with van der Waals surface area (Å²) in [6.07, 6.45) is 0. The van der Waals surface area contributed by atoms with Crippen LogP contribution in [0.5, 0.6) is 0 Å². The summed E-state index contributed by atoms with van der Waals surface area (Å²) in [5.74, 6) is 3.67. The first kappa shape index (κ1) is 39.8. The third-order valence-corrected chi connectivity index (χ3v) is 11.3. The lowest BCUT2D eigenvalue weighted by Gasteiger charge is -2.16. The molecule has 0 aliphatic heterocycles. The van der Waals surface area contributed by atoms with E-state index in [1.807, 2.05) is 91.9 Å². The maximum absolute atomic E-state index is 5.17. The molecule has 0 saturated heterocycles. The molecule has 0 fully saturated rings. The molecule has 0 amide bonds. The molecule has 7 aromatic carbocycles. The molecule has 0 N–H and O–H groups in total. The van der Waals surface area contributed by atoms with Crippen LogP contribution < -0.4 is 0 Å². The maximum atomic E-state index is 5.17. The zero-order valence-electron chi connectivity index (χ0n) is 36.0. The largest absolute Gasteiger partial charge is 0.258 e. The van der Waals surface area contributed by atoms with Gasteiger partial charge in [0.25, 0.3) is 0 Å². The molecule has 306 valence electrons. The predicted molar refractivity (Wildman–Crippen MR) is 259 cm³/mol. The highest BCUT2D eigenvalue weighted by Crippen LogP contribution is 2.39. The van der Waals surface area contributed by atoms with Crippen molar-refractivity contribution in [3.05, 3.63) is 211 Å². The monoisotopic (exact) mass is 825 g/mol. The summed E-state index contributed by atoms with van der Waals surface area (Å²) in [7, 11) is 0. The molecule has 0 saturated carbocycles. The normalized spacial score (nSPS) is 11.1. The van der Waals surface area contributed by atoms with Gasteiger partial charge in [-0.15, -0.1) is 0 Å². The second-order valence-electron chi connectivity index (χ2n) is 16.1. The van der Waals surface area contributed by atoms with Gasteiger partial charge in [0.2, 0.25) is 0 Å². The number of hydrogen-bond donors (Lipinski definition) is 0. The Bertz CT molecular complexity index is 3330. The van der Waals surface area contributed by atoms with Gasteiger partial charge < -0.3 is 0 Å². The Hall–Kier alpha value is -8.29. The third-order valence-electron chi connectivity index (χ3n) is 11.3. The van der Waals surface area contributed by atoms with Crippen LogP contribution >= 0.6 is 0 Å². The smallest absolute Gasteiger partial charge is 0.164 e. The average Bonchev–Trinajstić information content (AvgIpc) is 3.34. The number of nitrogens with zero attached hydrogens (tertiary/aromatic N) is 7. The number of aryl methyl sites for hydroxylation is 4.